The Hall–Kier alpha value is -7.12. The number of aromatic nitrogens is 4. The molecule has 0 saturated heterocycles. The molecule has 7 heteroatoms. The molecule has 7 aromatic rings. The van der Waals surface area contributed by atoms with Crippen LogP contribution >= 0.6 is 0 Å². The van der Waals surface area contributed by atoms with E-state index in [9.17, 15) is 0 Å². The van der Waals surface area contributed by atoms with Crippen molar-refractivity contribution in [2.75, 3.05) is 17.2 Å². The predicted molar refractivity (Wildman–Crippen MR) is 213 cm³/mol. The van der Waals surface area contributed by atoms with Crippen molar-refractivity contribution in [1.82, 2.24) is 19.5 Å². The third-order valence-corrected chi connectivity index (χ3v) is 9.28. The fraction of sp³-hybridized carbons (Fsp3) is 0. The van der Waals surface area contributed by atoms with Crippen molar-refractivity contribution >= 4 is 63.4 Å². The molecule has 9 rings (SSSR count). The number of nitrogens with one attached hydrogen (secondary N) is 1. The van der Waals surface area contributed by atoms with Gasteiger partial charge in [-0.1, -0.05) is 54.6 Å². The van der Waals surface area contributed by atoms with E-state index in [0.717, 1.165) is 83.9 Å². The highest BCUT2D eigenvalue weighted by Gasteiger charge is 2.25. The van der Waals surface area contributed by atoms with E-state index in [2.05, 4.69) is 119 Å². The van der Waals surface area contributed by atoms with Crippen molar-refractivity contribution in [2.45, 2.75) is 0 Å². The van der Waals surface area contributed by atoms with Gasteiger partial charge in [-0.2, -0.15) is 0 Å². The summed E-state index contributed by atoms with van der Waals surface area (Å²) in [6, 6.07) is 45.0. The number of hydrogen-bond donors (Lipinski definition) is 4. The summed E-state index contributed by atoms with van der Waals surface area (Å²) in [7, 11) is 0. The van der Waals surface area contributed by atoms with Crippen molar-refractivity contribution in [1.29, 1.82) is 0 Å². The van der Waals surface area contributed by atoms with Gasteiger partial charge in [0.25, 0.3) is 0 Å². The van der Waals surface area contributed by atoms with Crippen molar-refractivity contribution in [3.63, 3.8) is 0 Å². The van der Waals surface area contributed by atoms with Crippen LogP contribution in [-0.4, -0.2) is 19.5 Å². The summed E-state index contributed by atoms with van der Waals surface area (Å²) in [5.41, 5.74) is 35.1. The molecule has 0 radical (unpaired) electrons. The lowest BCUT2D eigenvalue weighted by atomic mass is 9.93. The van der Waals surface area contributed by atoms with Crippen LogP contribution in [0.25, 0.3) is 85.4 Å². The molecule has 0 spiro atoms. The highest BCUT2D eigenvalue weighted by atomic mass is 15.0. The molecule has 3 aromatic heterocycles. The number of benzene rings is 4. The Morgan fingerprint density at radius 1 is 0.451 bits per heavy atom. The largest absolute Gasteiger partial charge is 0.399 e. The fourth-order valence-corrected chi connectivity index (χ4v) is 6.95. The molecule has 7 N–H and O–H groups in total. The van der Waals surface area contributed by atoms with E-state index in [1.165, 1.54) is 0 Å². The molecule has 8 bridgehead atoms. The Balaban J connectivity index is 1.60. The highest BCUT2D eigenvalue weighted by Crippen LogP contribution is 2.47. The molecule has 0 aliphatic carbocycles. The Labute approximate surface area is 294 Å². The first-order valence-electron chi connectivity index (χ1n) is 16.8. The first-order chi connectivity index (χ1) is 25.0. The lowest BCUT2D eigenvalue weighted by Gasteiger charge is -2.14. The van der Waals surface area contributed by atoms with Crippen LogP contribution in [0.4, 0.5) is 17.1 Å². The molecule has 5 heterocycles. The summed E-state index contributed by atoms with van der Waals surface area (Å²) in [6.45, 7) is 0. The zero-order valence-corrected chi connectivity index (χ0v) is 27.6. The molecular formula is C44H33N7. The van der Waals surface area contributed by atoms with Crippen LogP contribution in [0, 0.1) is 0 Å². The van der Waals surface area contributed by atoms with E-state index in [1.807, 2.05) is 48.5 Å². The van der Waals surface area contributed by atoms with Gasteiger partial charge in [0.15, 0.2) is 0 Å². The van der Waals surface area contributed by atoms with Crippen LogP contribution in [0.2, 0.25) is 0 Å². The topological polar surface area (TPSA) is 125 Å². The smallest absolute Gasteiger partial charge is 0.0737 e. The van der Waals surface area contributed by atoms with Gasteiger partial charge in [-0.05, 0) is 120 Å². The van der Waals surface area contributed by atoms with Gasteiger partial charge in [0.2, 0.25) is 0 Å². The summed E-state index contributed by atoms with van der Waals surface area (Å²) in [6.07, 6.45) is 8.27. The molecule has 0 atom stereocenters. The van der Waals surface area contributed by atoms with Gasteiger partial charge in [-0.3, -0.25) is 0 Å². The number of rotatable bonds is 4. The second kappa shape index (κ2) is 12.1. The Morgan fingerprint density at radius 2 is 0.961 bits per heavy atom. The SMILES string of the molecule is Nc1ccc(-c2c(-c3ccc(N)cc3)c3c(-c4ccccc4)c4nc(cc5ccc(cc6nc(cc2n3-c2ccc(N)cc2)C=C6)[nH]5)C=C4)cc1. The monoisotopic (exact) mass is 659 g/mol. The summed E-state index contributed by atoms with van der Waals surface area (Å²) < 4.78 is 2.32. The van der Waals surface area contributed by atoms with Crippen molar-refractivity contribution < 1.29 is 0 Å². The van der Waals surface area contributed by atoms with Gasteiger partial charge < -0.3 is 26.8 Å². The average molecular weight is 660 g/mol. The van der Waals surface area contributed by atoms with E-state index in [-0.39, 0.29) is 0 Å². The van der Waals surface area contributed by atoms with Crippen molar-refractivity contribution in [3.05, 3.63) is 156 Å². The maximum absolute atomic E-state index is 6.29. The van der Waals surface area contributed by atoms with Gasteiger partial charge in [-0.15, -0.1) is 0 Å². The van der Waals surface area contributed by atoms with Gasteiger partial charge in [0, 0.05) is 50.5 Å². The quantitative estimate of drug-likeness (QED) is 0.140. The first kappa shape index (κ1) is 30.0. The molecule has 244 valence electrons. The minimum absolute atomic E-state index is 0.680. The summed E-state index contributed by atoms with van der Waals surface area (Å²) >= 11 is 0. The number of aromatic amines is 1. The molecule has 4 aromatic carbocycles. The Bertz CT molecular complexity index is 2680. The second-order valence-corrected chi connectivity index (χ2v) is 12.7. The first-order valence-corrected chi connectivity index (χ1v) is 16.8. The molecule has 2 aliphatic rings. The van der Waals surface area contributed by atoms with Gasteiger partial charge in [0.05, 0.1) is 33.8 Å². The molecule has 0 unspecified atom stereocenters. The average Bonchev–Trinajstić information content (AvgIpc) is 3.95. The summed E-state index contributed by atoms with van der Waals surface area (Å²) in [4.78, 5) is 13.8. The van der Waals surface area contributed by atoms with Crippen molar-refractivity contribution in [2.24, 2.45) is 0 Å². The highest BCUT2D eigenvalue weighted by molar-refractivity contribution is 6.11. The Kier molecular flexibility index (Phi) is 7.10. The molecule has 7 nitrogen and oxygen atoms in total. The van der Waals surface area contributed by atoms with Crippen LogP contribution in [-0.2, 0) is 0 Å². The van der Waals surface area contributed by atoms with Gasteiger partial charge in [0.1, 0.15) is 0 Å². The molecule has 0 fully saturated rings. The zero-order valence-electron chi connectivity index (χ0n) is 27.6. The summed E-state index contributed by atoms with van der Waals surface area (Å²) in [5, 5.41) is 0. The van der Waals surface area contributed by atoms with E-state index in [4.69, 9.17) is 27.2 Å². The maximum atomic E-state index is 6.29. The third-order valence-electron chi connectivity index (χ3n) is 9.28. The number of fused-ring (bicyclic) bond motifs is 8. The van der Waals surface area contributed by atoms with E-state index in [0.29, 0.717) is 17.1 Å². The summed E-state index contributed by atoms with van der Waals surface area (Å²) in [5.74, 6) is 0. The van der Waals surface area contributed by atoms with Gasteiger partial charge in [-0.25, -0.2) is 9.97 Å². The second-order valence-electron chi connectivity index (χ2n) is 12.7. The number of anilines is 3. The number of nitrogens with two attached hydrogens (primary N) is 3. The lowest BCUT2D eigenvalue weighted by Crippen LogP contribution is -1.98. The molecular weight excluding hydrogens is 627 g/mol. The van der Waals surface area contributed by atoms with Crippen LogP contribution in [0.1, 0.15) is 22.8 Å². The standard InChI is InChI=1S/C44H33N7/c45-30-10-6-28(7-11-30)42-40-26-37-19-18-34(49-37)24-33-16-17-35(48-33)25-36-20-23-39(50-36)41(27-4-2-1-3-5-27)44(43(42)29-8-12-31(46)13-9-29)51(40)38-21-14-32(47)15-22-38/h1-26,48H,45-47H2. The number of nitrogen functional groups attached to an aromatic ring is 3. The molecule has 51 heavy (non-hydrogen) atoms. The lowest BCUT2D eigenvalue weighted by molar-refractivity contribution is 1.17. The van der Waals surface area contributed by atoms with E-state index < -0.39 is 0 Å². The van der Waals surface area contributed by atoms with Gasteiger partial charge >= 0.3 is 0 Å². The normalized spacial score (nSPS) is 12.0. The van der Waals surface area contributed by atoms with Crippen LogP contribution in [0.3, 0.4) is 0 Å². The minimum atomic E-state index is 0.680. The molecule has 0 saturated carbocycles. The van der Waals surface area contributed by atoms with E-state index >= 15 is 0 Å². The number of H-pyrrole nitrogens is 1. The molecule has 2 aliphatic heterocycles. The molecule has 0 amide bonds. The van der Waals surface area contributed by atoms with E-state index in [1.54, 1.807) is 0 Å². The number of hydrogen-bond acceptors (Lipinski definition) is 5. The predicted octanol–water partition coefficient (Wildman–Crippen LogP) is 9.87. The Morgan fingerprint density at radius 3 is 1.59 bits per heavy atom. The number of nitrogens with zero attached hydrogens (tertiary/aromatic N) is 3. The minimum Gasteiger partial charge on any atom is -0.399 e. The zero-order chi connectivity index (χ0) is 34.5. The fourth-order valence-electron chi connectivity index (χ4n) is 6.95. The van der Waals surface area contributed by atoms with Crippen LogP contribution < -0.4 is 17.2 Å². The van der Waals surface area contributed by atoms with Crippen LogP contribution in [0.15, 0.2) is 133 Å². The van der Waals surface area contributed by atoms with Crippen molar-refractivity contribution in [3.8, 4) is 39.1 Å². The maximum Gasteiger partial charge on any atom is 0.0737 e. The van der Waals surface area contributed by atoms with Crippen LogP contribution in [0.5, 0.6) is 0 Å². The third kappa shape index (κ3) is 5.53.